The van der Waals surface area contributed by atoms with Crippen LogP contribution in [0.25, 0.3) is 10.9 Å². The van der Waals surface area contributed by atoms with Gasteiger partial charge in [0.25, 0.3) is 0 Å². The number of hydrogen-bond donors (Lipinski definition) is 3. The number of pyridine rings is 1. The highest BCUT2D eigenvalue weighted by atomic mass is 35.5. The lowest BCUT2D eigenvalue weighted by atomic mass is 9.84. The number of fused-ring (bicyclic) bond motifs is 1. The van der Waals surface area contributed by atoms with Gasteiger partial charge in [0.2, 0.25) is 17.7 Å². The van der Waals surface area contributed by atoms with Crippen LogP contribution < -0.4 is 20.7 Å². The van der Waals surface area contributed by atoms with E-state index in [-0.39, 0.29) is 61.4 Å². The molecule has 2 fully saturated rings. The predicted octanol–water partition coefficient (Wildman–Crippen LogP) is 12.8. The van der Waals surface area contributed by atoms with Gasteiger partial charge in [-0.3, -0.25) is 9.59 Å². The van der Waals surface area contributed by atoms with Crippen LogP contribution in [0.1, 0.15) is 153 Å². The second kappa shape index (κ2) is 33.1. The number of hydrogen-bond acceptors (Lipinski definition) is 11. The molecule has 1 aliphatic heterocycles. The van der Waals surface area contributed by atoms with E-state index in [1.54, 1.807) is 6.07 Å². The number of benzene rings is 3. The van der Waals surface area contributed by atoms with Crippen LogP contribution >= 0.6 is 23.2 Å². The van der Waals surface area contributed by atoms with E-state index >= 15 is 0 Å². The summed E-state index contributed by atoms with van der Waals surface area (Å²) in [6, 6.07) is 22.7. The quantitative estimate of drug-likeness (QED) is 0.0301. The number of carbonyl (C=O) groups is 2. The molecule has 14 nitrogen and oxygen atoms in total. The number of piperidine rings is 1. The maximum Gasteiger partial charge on any atom is 0.511 e. The minimum Gasteiger partial charge on any atom is -0.478 e. The Bertz CT molecular complexity index is 2560. The highest BCUT2D eigenvalue weighted by molar-refractivity contribution is 7.90. The second-order valence-electron chi connectivity index (χ2n) is 21.9. The molecule has 6 rings (SSSR count). The zero-order chi connectivity index (χ0) is 57.4. The van der Waals surface area contributed by atoms with Crippen molar-refractivity contribution < 1.29 is 54.9 Å². The molecule has 2 amide bonds. The van der Waals surface area contributed by atoms with E-state index in [0.29, 0.717) is 122 Å². The lowest BCUT2D eigenvalue weighted by molar-refractivity contribution is -0.122. The third-order valence-corrected chi connectivity index (χ3v) is 16.6. The molecule has 444 valence electrons. The van der Waals surface area contributed by atoms with Gasteiger partial charge in [0.1, 0.15) is 0 Å². The molecule has 3 aromatic carbocycles. The molecular weight excluding hydrogens is 1090 g/mol. The topological polar surface area (TPSA) is 167 Å². The Labute approximate surface area is 482 Å². The molecule has 20 heteroatoms. The molecule has 0 spiro atoms. The normalized spacial score (nSPS) is 16.8. The fraction of sp³-hybridized carbons (Fsp3) is 0.617. The van der Waals surface area contributed by atoms with E-state index in [1.807, 2.05) is 87.5 Å². The van der Waals surface area contributed by atoms with Crippen molar-refractivity contribution in [3.63, 3.8) is 0 Å². The number of aromatic nitrogens is 1. The smallest absolute Gasteiger partial charge is 0.478 e. The number of nitrogens with one attached hydrogen (secondary N) is 3. The van der Waals surface area contributed by atoms with Gasteiger partial charge in [-0.25, -0.2) is 13.4 Å². The molecule has 3 N–H and O–H groups in total. The van der Waals surface area contributed by atoms with Crippen LogP contribution in [0.15, 0.2) is 72.8 Å². The first kappa shape index (κ1) is 64.9. The van der Waals surface area contributed by atoms with E-state index < -0.39 is 15.5 Å². The summed E-state index contributed by atoms with van der Waals surface area (Å²) >= 11 is 12.6. The molecule has 0 bridgehead atoms. The van der Waals surface area contributed by atoms with Gasteiger partial charge in [0.15, 0.2) is 0 Å². The minimum atomic E-state index is -5.44. The summed E-state index contributed by atoms with van der Waals surface area (Å²) in [7, 11) is -5.44. The molecule has 2 heterocycles. The standard InChI is InChI=1S/C60H84Cl2F3N5O9S/c1-59(2,3)79-38-11-5-7-17-56(72)66-31-12-35-75-39-30-44-14-8-9-15-54(44)77-41-40-76-36-13-32-67-55(71)16-6-4-10-37-78-57-43-53(68-50-28-33-70(34-29-50)80(73,74)60(63,64)65)51-42-47(22-27-52(51)69-57)58(45-18-23-48(61)24-19-45)46-20-25-49(62)26-21-46/h18-27,42-44,50,54,58H,4-17,28-41H2,1-3H3,(H,66,72)(H,67,71)(H,68,69). The van der Waals surface area contributed by atoms with Crippen LogP contribution in [0.2, 0.25) is 10.0 Å². The number of unbranched alkanes of at least 4 members (excludes halogenated alkanes) is 4. The first-order chi connectivity index (χ1) is 38.4. The molecule has 2 unspecified atom stereocenters. The maximum atomic E-state index is 13.4. The number of nitrogens with zero attached hydrogens (tertiary/aromatic N) is 2. The van der Waals surface area contributed by atoms with Crippen molar-refractivity contribution in [2.45, 2.75) is 159 Å². The summed E-state index contributed by atoms with van der Waals surface area (Å²) in [5.41, 5.74) is -1.27. The Morgan fingerprint density at radius 2 is 1.25 bits per heavy atom. The van der Waals surface area contributed by atoms with Gasteiger partial charge < -0.3 is 39.6 Å². The van der Waals surface area contributed by atoms with E-state index in [1.165, 1.54) is 6.42 Å². The first-order valence-electron chi connectivity index (χ1n) is 28.7. The molecule has 2 atom stereocenters. The van der Waals surface area contributed by atoms with E-state index in [4.69, 9.17) is 51.9 Å². The van der Waals surface area contributed by atoms with E-state index in [9.17, 15) is 31.2 Å². The molecule has 4 aromatic rings. The van der Waals surface area contributed by atoms with Gasteiger partial charge in [0, 0.05) is 105 Å². The number of amides is 2. The summed E-state index contributed by atoms with van der Waals surface area (Å²) in [6.07, 6.45) is 13.4. The van der Waals surface area contributed by atoms with E-state index in [0.717, 1.165) is 86.5 Å². The lowest BCUT2D eigenvalue weighted by Crippen LogP contribution is -2.47. The number of carbonyl (C=O) groups excluding carboxylic acids is 2. The molecule has 1 aliphatic carbocycles. The van der Waals surface area contributed by atoms with Crippen molar-refractivity contribution in [1.29, 1.82) is 0 Å². The SMILES string of the molecule is CC(C)(C)OCCCCCC(=O)NCCCOCCC1CCCCC1OCCOCCCNC(=O)CCCCCOc1cc(NC2CCN(S(=O)(=O)C(F)(F)F)CC2)c2cc(C(c3ccc(Cl)cc3)c3ccc(Cl)cc3)ccc2n1. The van der Waals surface area contributed by atoms with Crippen molar-refractivity contribution in [2.75, 3.05) is 77.7 Å². The highest BCUT2D eigenvalue weighted by Gasteiger charge is 2.50. The lowest BCUT2D eigenvalue weighted by Gasteiger charge is -2.32. The summed E-state index contributed by atoms with van der Waals surface area (Å²) in [5.74, 6) is 0.689. The number of rotatable bonds is 34. The maximum absolute atomic E-state index is 13.4. The summed E-state index contributed by atoms with van der Waals surface area (Å²) in [6.45, 7) is 10.7. The predicted molar refractivity (Wildman–Crippen MR) is 310 cm³/mol. The first-order valence-corrected chi connectivity index (χ1v) is 30.9. The Morgan fingerprint density at radius 3 is 1.85 bits per heavy atom. The summed E-state index contributed by atoms with van der Waals surface area (Å²) in [5, 5.41) is 11.5. The number of sulfonamides is 1. The van der Waals surface area contributed by atoms with Crippen molar-refractivity contribution in [1.82, 2.24) is 19.9 Å². The van der Waals surface area contributed by atoms with Crippen molar-refractivity contribution in [2.24, 2.45) is 5.92 Å². The van der Waals surface area contributed by atoms with Crippen LogP contribution in [-0.4, -0.2) is 125 Å². The van der Waals surface area contributed by atoms with Crippen LogP contribution in [0.4, 0.5) is 18.9 Å². The van der Waals surface area contributed by atoms with Crippen LogP contribution in [0.3, 0.4) is 0 Å². The molecule has 1 aromatic heterocycles. The van der Waals surface area contributed by atoms with Gasteiger partial charge in [-0.1, -0.05) is 72.8 Å². The molecule has 1 saturated carbocycles. The van der Waals surface area contributed by atoms with Gasteiger partial charge >= 0.3 is 15.5 Å². The van der Waals surface area contributed by atoms with Gasteiger partial charge in [0.05, 0.1) is 37.0 Å². The second-order valence-corrected chi connectivity index (χ2v) is 24.7. The van der Waals surface area contributed by atoms with Crippen molar-refractivity contribution in [3.05, 3.63) is 99.5 Å². The minimum absolute atomic E-state index is 0.0180. The molecular formula is C60H84Cl2F3N5O9S. The van der Waals surface area contributed by atoms with Crippen LogP contribution in [0, 0.1) is 5.92 Å². The Balaban J connectivity index is 0.867. The molecule has 80 heavy (non-hydrogen) atoms. The van der Waals surface area contributed by atoms with E-state index in [2.05, 4.69) is 16.0 Å². The fourth-order valence-corrected chi connectivity index (χ4v) is 11.4. The number of alkyl halides is 3. The van der Waals surface area contributed by atoms with Crippen LogP contribution in [0.5, 0.6) is 5.88 Å². The third kappa shape index (κ3) is 22.1. The molecule has 0 radical (unpaired) electrons. The zero-order valence-corrected chi connectivity index (χ0v) is 49.2. The largest absolute Gasteiger partial charge is 0.511 e. The third-order valence-electron chi connectivity index (χ3n) is 14.5. The molecule has 1 saturated heterocycles. The Hall–Kier alpha value is -4.27. The number of ether oxygens (including phenoxy) is 5. The van der Waals surface area contributed by atoms with Crippen LogP contribution in [-0.2, 0) is 38.6 Å². The summed E-state index contributed by atoms with van der Waals surface area (Å²) < 4.78 is 95.0. The zero-order valence-electron chi connectivity index (χ0n) is 46.9. The van der Waals surface area contributed by atoms with Crippen molar-refractivity contribution in [3.8, 4) is 5.88 Å². The highest BCUT2D eigenvalue weighted by Crippen LogP contribution is 2.38. The van der Waals surface area contributed by atoms with Crippen molar-refractivity contribution >= 4 is 61.6 Å². The average Bonchev–Trinajstić information content (AvgIpc) is 3.43. The number of halogens is 5. The Kier molecular flexibility index (Phi) is 26.9. The average molecular weight is 1180 g/mol. The Morgan fingerprint density at radius 1 is 0.675 bits per heavy atom. The van der Waals surface area contributed by atoms with Gasteiger partial charge in [-0.2, -0.15) is 17.5 Å². The monoisotopic (exact) mass is 1180 g/mol. The molecule has 2 aliphatic rings. The van der Waals surface area contributed by atoms with Gasteiger partial charge in [-0.05, 0) is 157 Å². The van der Waals surface area contributed by atoms with Gasteiger partial charge in [-0.15, -0.1) is 0 Å². The summed E-state index contributed by atoms with van der Waals surface area (Å²) in [4.78, 5) is 29.6. The number of anilines is 1. The fourth-order valence-electron chi connectivity index (χ4n) is 10.2.